The highest BCUT2D eigenvalue weighted by molar-refractivity contribution is 5.89. The van der Waals surface area contributed by atoms with Crippen LogP contribution in [0.15, 0.2) is 53.8 Å². The van der Waals surface area contributed by atoms with Crippen LogP contribution in [0.4, 0.5) is 15.9 Å². The Bertz CT molecular complexity index is 1140. The van der Waals surface area contributed by atoms with Gasteiger partial charge in [0.25, 0.3) is 5.91 Å². The van der Waals surface area contributed by atoms with Crippen molar-refractivity contribution in [3.05, 3.63) is 60.3 Å². The molecule has 0 spiro atoms. The SMILES string of the molecule is Cc1cn2cccc2c(N2CC[C@H](NC(=O)C3N=CN(c4ccc(F)cc4)N3C)C2)n1. The highest BCUT2D eigenvalue weighted by Crippen LogP contribution is 2.25. The number of fused-ring (bicyclic) bond motifs is 1. The zero-order chi connectivity index (χ0) is 21.5. The number of carbonyl (C=O) groups excluding carboxylic acids is 1. The van der Waals surface area contributed by atoms with Crippen LogP contribution in [0.3, 0.4) is 0 Å². The van der Waals surface area contributed by atoms with Crippen molar-refractivity contribution in [2.75, 3.05) is 30.0 Å². The summed E-state index contributed by atoms with van der Waals surface area (Å²) in [5.74, 6) is 0.489. The topological polar surface area (TPSA) is 68.5 Å². The van der Waals surface area contributed by atoms with E-state index in [0.717, 1.165) is 35.7 Å². The maximum absolute atomic E-state index is 13.2. The summed E-state index contributed by atoms with van der Waals surface area (Å²) in [4.78, 5) is 24.2. The van der Waals surface area contributed by atoms with E-state index in [-0.39, 0.29) is 17.8 Å². The fourth-order valence-electron chi connectivity index (χ4n) is 4.23. The van der Waals surface area contributed by atoms with E-state index in [2.05, 4.69) is 25.7 Å². The molecule has 1 N–H and O–H groups in total. The van der Waals surface area contributed by atoms with Gasteiger partial charge < -0.3 is 14.6 Å². The van der Waals surface area contributed by atoms with Crippen LogP contribution in [0.2, 0.25) is 0 Å². The molecule has 9 heteroatoms. The Balaban J connectivity index is 1.24. The highest BCUT2D eigenvalue weighted by atomic mass is 19.1. The summed E-state index contributed by atoms with van der Waals surface area (Å²) >= 11 is 0. The maximum Gasteiger partial charge on any atom is 0.261 e. The van der Waals surface area contributed by atoms with Gasteiger partial charge in [0.05, 0.1) is 16.9 Å². The van der Waals surface area contributed by atoms with Crippen LogP contribution < -0.4 is 15.2 Å². The van der Waals surface area contributed by atoms with E-state index >= 15 is 0 Å². The molecule has 31 heavy (non-hydrogen) atoms. The number of nitrogens with one attached hydrogen (secondary N) is 1. The van der Waals surface area contributed by atoms with Crippen molar-refractivity contribution in [2.24, 2.45) is 4.99 Å². The first-order valence-corrected chi connectivity index (χ1v) is 10.3. The van der Waals surface area contributed by atoms with E-state index in [1.165, 1.54) is 12.1 Å². The molecule has 1 aromatic carbocycles. The maximum atomic E-state index is 13.2. The van der Waals surface area contributed by atoms with Crippen molar-refractivity contribution in [3.63, 3.8) is 0 Å². The summed E-state index contributed by atoms with van der Waals surface area (Å²) < 4.78 is 15.3. The molecule has 2 atom stereocenters. The van der Waals surface area contributed by atoms with E-state index in [1.54, 1.807) is 35.5 Å². The molecule has 4 heterocycles. The Morgan fingerprint density at radius 2 is 2.03 bits per heavy atom. The number of hydrogen-bond donors (Lipinski definition) is 1. The predicted molar refractivity (Wildman–Crippen MR) is 118 cm³/mol. The molecule has 160 valence electrons. The van der Waals surface area contributed by atoms with Crippen LogP contribution in [-0.2, 0) is 4.79 Å². The molecule has 8 nitrogen and oxygen atoms in total. The number of hydrogen-bond acceptors (Lipinski definition) is 6. The molecule has 1 saturated heterocycles. The molecule has 2 aliphatic rings. The lowest BCUT2D eigenvalue weighted by molar-refractivity contribution is -0.125. The number of anilines is 2. The molecule has 0 radical (unpaired) electrons. The molecule has 2 aliphatic heterocycles. The van der Waals surface area contributed by atoms with Gasteiger partial charge in [-0.1, -0.05) is 0 Å². The van der Waals surface area contributed by atoms with Gasteiger partial charge in [0, 0.05) is 38.6 Å². The number of amides is 1. The molecule has 1 amide bonds. The van der Waals surface area contributed by atoms with Crippen molar-refractivity contribution >= 4 is 29.3 Å². The zero-order valence-electron chi connectivity index (χ0n) is 17.4. The van der Waals surface area contributed by atoms with Gasteiger partial charge in [-0.15, -0.1) is 0 Å². The predicted octanol–water partition coefficient (Wildman–Crippen LogP) is 2.20. The number of rotatable bonds is 4. The summed E-state index contributed by atoms with van der Waals surface area (Å²) in [6.07, 6.45) is 5.81. The molecule has 0 aliphatic carbocycles. The van der Waals surface area contributed by atoms with Gasteiger partial charge in [0.2, 0.25) is 0 Å². The Hall–Kier alpha value is -3.46. The third kappa shape index (κ3) is 3.61. The third-order valence-corrected chi connectivity index (χ3v) is 5.79. The van der Waals surface area contributed by atoms with Gasteiger partial charge in [-0.3, -0.25) is 9.80 Å². The van der Waals surface area contributed by atoms with Gasteiger partial charge in [0.15, 0.2) is 12.0 Å². The quantitative estimate of drug-likeness (QED) is 0.700. The average molecular weight is 421 g/mol. The first-order valence-electron chi connectivity index (χ1n) is 10.3. The minimum absolute atomic E-state index is 0.0216. The van der Waals surface area contributed by atoms with E-state index < -0.39 is 6.17 Å². The molecule has 0 saturated carbocycles. The second-order valence-electron chi connectivity index (χ2n) is 7.98. The Morgan fingerprint density at radius 1 is 1.23 bits per heavy atom. The molecule has 0 bridgehead atoms. The fraction of sp³-hybridized carbons (Fsp3) is 0.318. The lowest BCUT2D eigenvalue weighted by atomic mass is 10.2. The summed E-state index contributed by atoms with van der Waals surface area (Å²) in [7, 11) is 1.79. The molecular formula is C22H24FN7O. The number of nitrogens with zero attached hydrogens (tertiary/aromatic N) is 6. The number of benzene rings is 1. The van der Waals surface area contributed by atoms with Crippen molar-refractivity contribution in [3.8, 4) is 0 Å². The first kappa shape index (κ1) is 19.5. The Morgan fingerprint density at radius 3 is 2.84 bits per heavy atom. The fourth-order valence-corrected chi connectivity index (χ4v) is 4.23. The summed E-state index contributed by atoms with van der Waals surface area (Å²) in [6, 6.07) is 10.2. The van der Waals surface area contributed by atoms with Gasteiger partial charge in [-0.05, 0) is 49.7 Å². The van der Waals surface area contributed by atoms with Crippen molar-refractivity contribution in [1.82, 2.24) is 19.7 Å². The van der Waals surface area contributed by atoms with E-state index in [9.17, 15) is 9.18 Å². The number of likely N-dealkylation sites (N-methyl/N-ethyl adjacent to an activating group) is 1. The van der Waals surface area contributed by atoms with Gasteiger partial charge in [0.1, 0.15) is 12.2 Å². The second kappa shape index (κ2) is 7.66. The van der Waals surface area contributed by atoms with Gasteiger partial charge in [-0.2, -0.15) is 5.01 Å². The van der Waals surface area contributed by atoms with E-state index in [0.29, 0.717) is 6.54 Å². The summed E-state index contributed by atoms with van der Waals surface area (Å²) in [6.45, 7) is 3.51. The Kier molecular flexibility index (Phi) is 4.82. The molecule has 1 fully saturated rings. The Labute approximate surface area is 179 Å². The lowest BCUT2D eigenvalue weighted by Crippen LogP contribution is -2.50. The zero-order valence-corrected chi connectivity index (χ0v) is 17.4. The van der Waals surface area contributed by atoms with Crippen LogP contribution in [0.25, 0.3) is 5.52 Å². The smallest absolute Gasteiger partial charge is 0.261 e. The normalized spacial score (nSPS) is 21.4. The number of aromatic nitrogens is 2. The van der Waals surface area contributed by atoms with Crippen LogP contribution in [-0.4, -0.2) is 59.0 Å². The van der Waals surface area contributed by atoms with Crippen LogP contribution in [0, 0.1) is 12.7 Å². The van der Waals surface area contributed by atoms with Crippen molar-refractivity contribution in [2.45, 2.75) is 25.6 Å². The number of halogens is 1. The minimum atomic E-state index is -0.659. The number of hydrazine groups is 1. The summed E-state index contributed by atoms with van der Waals surface area (Å²) in [5.41, 5.74) is 2.76. The first-order chi connectivity index (χ1) is 15.0. The van der Waals surface area contributed by atoms with Gasteiger partial charge in [-0.25, -0.2) is 14.4 Å². The number of carbonyl (C=O) groups is 1. The number of aliphatic imine (C=N–C) groups is 1. The van der Waals surface area contributed by atoms with E-state index in [1.807, 2.05) is 25.4 Å². The minimum Gasteiger partial charge on any atom is -0.353 e. The average Bonchev–Trinajstić information content (AvgIpc) is 3.48. The van der Waals surface area contributed by atoms with Crippen LogP contribution in [0.5, 0.6) is 0 Å². The summed E-state index contributed by atoms with van der Waals surface area (Å²) in [5, 5.41) is 6.61. The van der Waals surface area contributed by atoms with Crippen molar-refractivity contribution in [1.29, 1.82) is 0 Å². The monoisotopic (exact) mass is 421 g/mol. The lowest BCUT2D eigenvalue weighted by Gasteiger charge is -2.28. The van der Waals surface area contributed by atoms with E-state index in [4.69, 9.17) is 4.98 Å². The van der Waals surface area contributed by atoms with Crippen LogP contribution >= 0.6 is 0 Å². The molecule has 3 aromatic rings. The standard InChI is InChI=1S/C22H24FN7O/c1-15-12-28-10-3-4-19(28)20(25-15)29-11-9-17(13-29)26-22(31)21-24-14-30(27(21)2)18-7-5-16(23)6-8-18/h3-8,10,12,14,17,21H,9,11,13H2,1-2H3,(H,26,31)/t17-,21?/m0/s1. The number of aryl methyl sites for hydroxylation is 1. The van der Waals surface area contributed by atoms with Gasteiger partial charge >= 0.3 is 0 Å². The van der Waals surface area contributed by atoms with Crippen LogP contribution in [0.1, 0.15) is 12.1 Å². The third-order valence-electron chi connectivity index (χ3n) is 5.79. The highest BCUT2D eigenvalue weighted by Gasteiger charge is 2.34. The second-order valence-corrected chi connectivity index (χ2v) is 7.98. The molecule has 5 rings (SSSR count). The molecule has 2 aromatic heterocycles. The molecule has 1 unspecified atom stereocenters. The molecular weight excluding hydrogens is 397 g/mol. The van der Waals surface area contributed by atoms with Crippen molar-refractivity contribution < 1.29 is 9.18 Å². The largest absolute Gasteiger partial charge is 0.353 e.